The molecule has 4 heteroatoms. The lowest BCUT2D eigenvalue weighted by Gasteiger charge is -2.09. The van der Waals surface area contributed by atoms with Gasteiger partial charge in [-0.15, -0.1) is 11.8 Å². The van der Waals surface area contributed by atoms with E-state index in [1.807, 2.05) is 13.8 Å². The molecule has 1 aromatic carbocycles. The Morgan fingerprint density at radius 3 is 2.56 bits per heavy atom. The Bertz CT molecular complexity index is 523. The first kappa shape index (κ1) is 12.9. The van der Waals surface area contributed by atoms with E-state index in [4.69, 9.17) is 0 Å². The van der Waals surface area contributed by atoms with Gasteiger partial charge in [-0.1, -0.05) is 12.1 Å². The SMILES string of the molecule is CSc1ccc(CNc2nc(C)cnc2C)cc1. The van der Waals surface area contributed by atoms with E-state index in [1.54, 1.807) is 18.0 Å². The lowest BCUT2D eigenvalue weighted by molar-refractivity contribution is 1.02. The van der Waals surface area contributed by atoms with Crippen LogP contribution < -0.4 is 5.32 Å². The third-order valence-corrected chi connectivity index (χ3v) is 3.44. The van der Waals surface area contributed by atoms with Crippen molar-refractivity contribution in [3.63, 3.8) is 0 Å². The molecule has 1 heterocycles. The van der Waals surface area contributed by atoms with Crippen molar-refractivity contribution in [3.05, 3.63) is 47.4 Å². The van der Waals surface area contributed by atoms with Gasteiger partial charge in [0, 0.05) is 17.6 Å². The largest absolute Gasteiger partial charge is 0.364 e. The van der Waals surface area contributed by atoms with Gasteiger partial charge in [-0.25, -0.2) is 4.98 Å². The van der Waals surface area contributed by atoms with E-state index in [1.165, 1.54) is 10.5 Å². The Morgan fingerprint density at radius 2 is 1.89 bits per heavy atom. The number of hydrogen-bond donors (Lipinski definition) is 1. The molecule has 0 bridgehead atoms. The summed E-state index contributed by atoms with van der Waals surface area (Å²) in [4.78, 5) is 10.0. The van der Waals surface area contributed by atoms with Crippen molar-refractivity contribution in [2.24, 2.45) is 0 Å². The number of nitrogens with zero attached hydrogens (tertiary/aromatic N) is 2. The lowest BCUT2D eigenvalue weighted by atomic mass is 10.2. The minimum atomic E-state index is 0.771. The summed E-state index contributed by atoms with van der Waals surface area (Å²) in [5.74, 6) is 0.865. The molecule has 2 aromatic rings. The number of hydrogen-bond acceptors (Lipinski definition) is 4. The summed E-state index contributed by atoms with van der Waals surface area (Å²) in [5.41, 5.74) is 3.11. The second-order valence-electron chi connectivity index (χ2n) is 4.15. The first-order valence-corrected chi connectivity index (χ1v) is 7.08. The summed E-state index contributed by atoms with van der Waals surface area (Å²) in [7, 11) is 0. The maximum absolute atomic E-state index is 4.44. The second kappa shape index (κ2) is 5.87. The fourth-order valence-corrected chi connectivity index (χ4v) is 2.04. The molecule has 18 heavy (non-hydrogen) atoms. The third-order valence-electron chi connectivity index (χ3n) is 2.69. The van der Waals surface area contributed by atoms with Gasteiger partial charge in [0.15, 0.2) is 0 Å². The Hall–Kier alpha value is -1.55. The van der Waals surface area contributed by atoms with Crippen molar-refractivity contribution >= 4 is 17.6 Å². The molecule has 94 valence electrons. The topological polar surface area (TPSA) is 37.8 Å². The third kappa shape index (κ3) is 3.23. The van der Waals surface area contributed by atoms with Crippen LogP contribution in [-0.4, -0.2) is 16.2 Å². The van der Waals surface area contributed by atoms with Crippen LogP contribution in [-0.2, 0) is 6.54 Å². The number of benzene rings is 1. The summed E-state index contributed by atoms with van der Waals surface area (Å²) < 4.78 is 0. The monoisotopic (exact) mass is 259 g/mol. The zero-order valence-electron chi connectivity index (χ0n) is 10.9. The molecule has 0 aliphatic rings. The number of aryl methyl sites for hydroxylation is 2. The molecule has 0 aliphatic carbocycles. The van der Waals surface area contributed by atoms with Gasteiger partial charge < -0.3 is 5.32 Å². The molecule has 3 nitrogen and oxygen atoms in total. The molecule has 0 saturated carbocycles. The van der Waals surface area contributed by atoms with E-state index in [-0.39, 0.29) is 0 Å². The van der Waals surface area contributed by atoms with E-state index in [0.29, 0.717) is 0 Å². The smallest absolute Gasteiger partial charge is 0.148 e. The standard InChI is InChI=1S/C14H17N3S/c1-10-8-15-11(2)14(17-10)16-9-12-4-6-13(18-3)7-5-12/h4-8H,9H2,1-3H3,(H,16,17). The maximum Gasteiger partial charge on any atom is 0.148 e. The Balaban J connectivity index is 2.04. The molecular formula is C14H17N3S. The summed E-state index contributed by atoms with van der Waals surface area (Å²) in [6, 6.07) is 8.54. The predicted molar refractivity (Wildman–Crippen MR) is 77.1 cm³/mol. The van der Waals surface area contributed by atoms with Gasteiger partial charge in [0.25, 0.3) is 0 Å². The summed E-state index contributed by atoms with van der Waals surface area (Å²) in [6.07, 6.45) is 3.87. The molecule has 0 unspecified atom stereocenters. The predicted octanol–water partition coefficient (Wildman–Crippen LogP) is 3.43. The quantitative estimate of drug-likeness (QED) is 0.854. The molecule has 2 rings (SSSR count). The van der Waals surface area contributed by atoms with Crippen LogP contribution in [0.4, 0.5) is 5.82 Å². The van der Waals surface area contributed by atoms with Gasteiger partial charge in [-0.3, -0.25) is 4.98 Å². The van der Waals surface area contributed by atoms with Crippen LogP contribution in [0.5, 0.6) is 0 Å². The zero-order valence-corrected chi connectivity index (χ0v) is 11.7. The van der Waals surface area contributed by atoms with E-state index in [9.17, 15) is 0 Å². The molecule has 0 amide bonds. The number of thioether (sulfide) groups is 1. The summed E-state index contributed by atoms with van der Waals surface area (Å²) >= 11 is 1.75. The number of aromatic nitrogens is 2. The molecule has 0 atom stereocenters. The average molecular weight is 259 g/mol. The van der Waals surface area contributed by atoms with E-state index in [2.05, 4.69) is 45.8 Å². The highest BCUT2D eigenvalue weighted by Gasteiger charge is 2.01. The summed E-state index contributed by atoms with van der Waals surface area (Å²) in [5, 5.41) is 3.33. The first-order chi connectivity index (χ1) is 8.69. The zero-order chi connectivity index (χ0) is 13.0. The number of rotatable bonds is 4. The van der Waals surface area contributed by atoms with Crippen molar-refractivity contribution in [1.29, 1.82) is 0 Å². The van der Waals surface area contributed by atoms with Gasteiger partial charge in [-0.05, 0) is 37.8 Å². The Morgan fingerprint density at radius 1 is 1.17 bits per heavy atom. The van der Waals surface area contributed by atoms with Crippen molar-refractivity contribution in [2.75, 3.05) is 11.6 Å². The van der Waals surface area contributed by atoms with Crippen LogP contribution in [0.15, 0.2) is 35.4 Å². The van der Waals surface area contributed by atoms with Crippen molar-refractivity contribution in [1.82, 2.24) is 9.97 Å². The van der Waals surface area contributed by atoms with Gasteiger partial charge >= 0.3 is 0 Å². The molecule has 0 spiro atoms. The fourth-order valence-electron chi connectivity index (χ4n) is 1.63. The highest BCUT2D eigenvalue weighted by molar-refractivity contribution is 7.98. The van der Waals surface area contributed by atoms with Gasteiger partial charge in [-0.2, -0.15) is 0 Å². The number of anilines is 1. The van der Waals surface area contributed by atoms with E-state index >= 15 is 0 Å². The van der Waals surface area contributed by atoms with Crippen molar-refractivity contribution in [2.45, 2.75) is 25.3 Å². The molecule has 0 radical (unpaired) electrons. The second-order valence-corrected chi connectivity index (χ2v) is 5.03. The molecule has 0 fully saturated rings. The fraction of sp³-hybridized carbons (Fsp3) is 0.286. The molecular weight excluding hydrogens is 242 g/mol. The van der Waals surface area contributed by atoms with Crippen LogP contribution >= 0.6 is 11.8 Å². The highest BCUT2D eigenvalue weighted by Crippen LogP contribution is 2.16. The average Bonchev–Trinajstić information content (AvgIpc) is 2.40. The van der Waals surface area contributed by atoms with Gasteiger partial charge in [0.2, 0.25) is 0 Å². The van der Waals surface area contributed by atoms with Gasteiger partial charge in [0.05, 0.1) is 11.4 Å². The molecule has 0 aliphatic heterocycles. The molecule has 1 aromatic heterocycles. The molecule has 0 saturated heterocycles. The van der Waals surface area contributed by atoms with Crippen molar-refractivity contribution in [3.8, 4) is 0 Å². The van der Waals surface area contributed by atoms with Crippen LogP contribution in [0.2, 0.25) is 0 Å². The normalized spacial score (nSPS) is 10.4. The Kier molecular flexibility index (Phi) is 4.20. The first-order valence-electron chi connectivity index (χ1n) is 5.86. The van der Waals surface area contributed by atoms with Crippen LogP contribution in [0.25, 0.3) is 0 Å². The van der Waals surface area contributed by atoms with Crippen molar-refractivity contribution < 1.29 is 0 Å². The molecule has 1 N–H and O–H groups in total. The van der Waals surface area contributed by atoms with E-state index in [0.717, 1.165) is 23.8 Å². The van der Waals surface area contributed by atoms with Gasteiger partial charge in [0.1, 0.15) is 5.82 Å². The summed E-state index contributed by atoms with van der Waals surface area (Å²) in [6.45, 7) is 4.68. The van der Waals surface area contributed by atoms with E-state index < -0.39 is 0 Å². The maximum atomic E-state index is 4.44. The van der Waals surface area contributed by atoms with Crippen LogP contribution in [0.3, 0.4) is 0 Å². The minimum Gasteiger partial charge on any atom is -0.364 e. The van der Waals surface area contributed by atoms with Crippen LogP contribution in [0.1, 0.15) is 17.0 Å². The Labute approximate surface area is 112 Å². The minimum absolute atomic E-state index is 0.771. The number of nitrogens with one attached hydrogen (secondary N) is 1. The van der Waals surface area contributed by atoms with Crippen LogP contribution in [0, 0.1) is 13.8 Å². The highest BCUT2D eigenvalue weighted by atomic mass is 32.2. The lowest BCUT2D eigenvalue weighted by Crippen LogP contribution is -2.05.